The zero-order chi connectivity index (χ0) is 23.8. The van der Waals surface area contributed by atoms with Crippen molar-refractivity contribution in [1.29, 1.82) is 0 Å². The summed E-state index contributed by atoms with van der Waals surface area (Å²) in [7, 11) is 1.88. The van der Waals surface area contributed by atoms with Crippen LogP contribution in [-0.2, 0) is 7.05 Å². The largest absolute Gasteiger partial charge is 0.481 e. The third-order valence-corrected chi connectivity index (χ3v) is 5.88. The second kappa shape index (κ2) is 8.60. The molecule has 0 radical (unpaired) electrons. The van der Waals surface area contributed by atoms with Gasteiger partial charge in [0.25, 0.3) is 0 Å². The Hall–Kier alpha value is -4.24. The second-order valence-electron chi connectivity index (χ2n) is 8.47. The molecule has 0 unspecified atom stereocenters. The van der Waals surface area contributed by atoms with Gasteiger partial charge in [-0.2, -0.15) is 0 Å². The maximum absolute atomic E-state index is 13.8. The molecule has 2 heterocycles. The molecule has 5 aromatic rings. The molecule has 0 atom stereocenters. The molecule has 0 bridgehead atoms. The summed E-state index contributed by atoms with van der Waals surface area (Å²) in [4.78, 5) is 14.4. The Morgan fingerprint density at radius 3 is 2.50 bits per heavy atom. The Balaban J connectivity index is 1.73. The average molecular weight is 451 g/mol. The summed E-state index contributed by atoms with van der Waals surface area (Å²) >= 11 is 0. The van der Waals surface area contributed by atoms with Crippen LogP contribution < -0.4 is 4.74 Å². The number of terminal acetylenes is 1. The lowest BCUT2D eigenvalue weighted by Crippen LogP contribution is -2.01. The number of ether oxygens (including phenoxy) is 1. The maximum Gasteiger partial charge on any atom is 0.197 e. The number of aryl methyl sites for hydroxylation is 1. The van der Waals surface area contributed by atoms with Gasteiger partial charge in [0.2, 0.25) is 0 Å². The second-order valence-corrected chi connectivity index (χ2v) is 8.47. The van der Waals surface area contributed by atoms with Crippen LogP contribution >= 0.6 is 0 Å². The third kappa shape index (κ3) is 3.86. The lowest BCUT2D eigenvalue weighted by molar-refractivity contribution is 0.371. The molecule has 168 valence electrons. The highest BCUT2D eigenvalue weighted by molar-refractivity contribution is 5.94. The van der Waals surface area contributed by atoms with Crippen molar-refractivity contribution >= 4 is 21.9 Å². The molecule has 0 saturated carbocycles. The summed E-state index contributed by atoms with van der Waals surface area (Å²) in [6, 6.07) is 18.6. The molecule has 0 aliphatic carbocycles. The number of hydrogen-bond donors (Lipinski definition) is 0. The van der Waals surface area contributed by atoms with Gasteiger partial charge in [0.05, 0.1) is 22.2 Å². The van der Waals surface area contributed by atoms with Crippen LogP contribution in [0.2, 0.25) is 0 Å². The van der Waals surface area contributed by atoms with Crippen LogP contribution in [0, 0.1) is 18.2 Å². The standard InChI is InChI=1S/C28H23FN4O/c1-5-14-34-21-11-12-23-22(16-21)26(19-8-6-18(7-9-19)17(2)3)32-27(30-23)28-31-24-15-20(29)10-13-25(24)33(28)4/h1,6-13,15-17H,14H2,2-4H3. The summed E-state index contributed by atoms with van der Waals surface area (Å²) in [6.45, 7) is 4.51. The quantitative estimate of drug-likeness (QED) is 0.303. The molecular weight excluding hydrogens is 427 g/mol. The highest BCUT2D eigenvalue weighted by atomic mass is 19.1. The number of hydrogen-bond acceptors (Lipinski definition) is 4. The first-order valence-electron chi connectivity index (χ1n) is 11.1. The van der Waals surface area contributed by atoms with E-state index in [2.05, 4.69) is 49.0 Å². The van der Waals surface area contributed by atoms with Gasteiger partial charge < -0.3 is 9.30 Å². The van der Waals surface area contributed by atoms with Gasteiger partial charge in [-0.25, -0.2) is 19.3 Å². The first-order chi connectivity index (χ1) is 16.4. The van der Waals surface area contributed by atoms with Gasteiger partial charge in [-0.1, -0.05) is 44.0 Å². The van der Waals surface area contributed by atoms with Crippen molar-refractivity contribution in [2.45, 2.75) is 19.8 Å². The molecule has 0 aliphatic rings. The summed E-state index contributed by atoms with van der Waals surface area (Å²) in [6.07, 6.45) is 5.36. The number of benzene rings is 3. The van der Waals surface area contributed by atoms with E-state index >= 15 is 0 Å². The molecule has 2 aromatic heterocycles. The number of imidazole rings is 1. The first-order valence-corrected chi connectivity index (χ1v) is 11.1. The van der Waals surface area contributed by atoms with Crippen LogP contribution in [0.15, 0.2) is 60.7 Å². The minimum Gasteiger partial charge on any atom is -0.481 e. The Kier molecular flexibility index (Phi) is 5.46. The van der Waals surface area contributed by atoms with E-state index in [4.69, 9.17) is 21.1 Å². The number of nitrogens with zero attached hydrogens (tertiary/aromatic N) is 4. The molecule has 3 aromatic carbocycles. The molecule has 34 heavy (non-hydrogen) atoms. The number of aromatic nitrogens is 4. The van der Waals surface area contributed by atoms with Crippen molar-refractivity contribution in [2.75, 3.05) is 6.61 Å². The van der Waals surface area contributed by atoms with Crippen molar-refractivity contribution in [1.82, 2.24) is 19.5 Å². The van der Waals surface area contributed by atoms with Gasteiger partial charge in [0.15, 0.2) is 11.6 Å². The van der Waals surface area contributed by atoms with Crippen molar-refractivity contribution in [2.24, 2.45) is 7.05 Å². The minimum absolute atomic E-state index is 0.180. The Morgan fingerprint density at radius 2 is 1.76 bits per heavy atom. The first kappa shape index (κ1) is 21.6. The van der Waals surface area contributed by atoms with Crippen molar-refractivity contribution in [3.63, 3.8) is 0 Å². The van der Waals surface area contributed by atoms with E-state index in [1.807, 2.05) is 29.8 Å². The third-order valence-electron chi connectivity index (χ3n) is 5.88. The lowest BCUT2D eigenvalue weighted by Gasteiger charge is -2.12. The minimum atomic E-state index is -0.331. The normalized spacial score (nSPS) is 11.3. The summed E-state index contributed by atoms with van der Waals surface area (Å²) in [5.41, 5.74) is 5.08. The van der Waals surface area contributed by atoms with Gasteiger partial charge >= 0.3 is 0 Å². The Morgan fingerprint density at radius 1 is 0.971 bits per heavy atom. The van der Waals surface area contributed by atoms with Gasteiger partial charge in [-0.3, -0.25) is 0 Å². The van der Waals surface area contributed by atoms with E-state index in [-0.39, 0.29) is 12.4 Å². The van der Waals surface area contributed by atoms with Crippen LogP contribution in [0.5, 0.6) is 5.75 Å². The molecular formula is C28H23FN4O. The molecule has 0 aliphatic heterocycles. The fraction of sp³-hybridized carbons (Fsp3) is 0.179. The van der Waals surface area contributed by atoms with E-state index in [0.29, 0.717) is 28.8 Å². The van der Waals surface area contributed by atoms with Gasteiger partial charge in [-0.05, 0) is 41.8 Å². The fourth-order valence-electron chi connectivity index (χ4n) is 4.04. The van der Waals surface area contributed by atoms with Crippen molar-refractivity contribution < 1.29 is 9.13 Å². The molecule has 0 spiro atoms. The SMILES string of the molecule is C#CCOc1ccc2nc(-c3nc4cc(F)ccc4n3C)nc(-c3ccc(C(C)C)cc3)c2c1. The van der Waals surface area contributed by atoms with Gasteiger partial charge in [-0.15, -0.1) is 6.42 Å². The Bertz CT molecular complexity index is 1560. The van der Waals surface area contributed by atoms with Crippen molar-refractivity contribution in [3.8, 4) is 41.0 Å². The van der Waals surface area contributed by atoms with Crippen LogP contribution in [0.1, 0.15) is 25.3 Å². The molecule has 5 nitrogen and oxygen atoms in total. The topological polar surface area (TPSA) is 52.8 Å². The highest BCUT2D eigenvalue weighted by Crippen LogP contribution is 2.33. The number of fused-ring (bicyclic) bond motifs is 2. The van der Waals surface area contributed by atoms with E-state index < -0.39 is 0 Å². The van der Waals surface area contributed by atoms with Crippen LogP contribution in [-0.4, -0.2) is 26.1 Å². The van der Waals surface area contributed by atoms with Crippen LogP contribution in [0.4, 0.5) is 4.39 Å². The van der Waals surface area contributed by atoms with Gasteiger partial charge in [0, 0.05) is 24.1 Å². The summed E-state index contributed by atoms with van der Waals surface area (Å²) < 4.78 is 21.3. The predicted octanol–water partition coefficient (Wildman–Crippen LogP) is 6.13. The smallest absolute Gasteiger partial charge is 0.197 e. The zero-order valence-electron chi connectivity index (χ0n) is 19.2. The number of rotatable bonds is 5. The summed E-state index contributed by atoms with van der Waals surface area (Å²) in [5.74, 6) is 4.27. The van der Waals surface area contributed by atoms with E-state index in [1.54, 1.807) is 6.07 Å². The maximum atomic E-state index is 13.8. The zero-order valence-corrected chi connectivity index (χ0v) is 19.2. The van der Waals surface area contributed by atoms with Crippen molar-refractivity contribution in [3.05, 3.63) is 72.0 Å². The molecule has 0 N–H and O–H groups in total. The molecule has 0 fully saturated rings. The van der Waals surface area contributed by atoms with E-state index in [1.165, 1.54) is 17.7 Å². The fourth-order valence-corrected chi connectivity index (χ4v) is 4.04. The predicted molar refractivity (Wildman–Crippen MR) is 133 cm³/mol. The van der Waals surface area contributed by atoms with E-state index in [0.717, 1.165) is 27.7 Å². The highest BCUT2D eigenvalue weighted by Gasteiger charge is 2.18. The van der Waals surface area contributed by atoms with E-state index in [9.17, 15) is 4.39 Å². The van der Waals surface area contributed by atoms with Gasteiger partial charge in [0.1, 0.15) is 18.2 Å². The average Bonchev–Trinajstić information content (AvgIpc) is 3.17. The molecule has 0 saturated heterocycles. The van der Waals surface area contributed by atoms with Crippen LogP contribution in [0.3, 0.4) is 0 Å². The molecule has 5 rings (SSSR count). The lowest BCUT2D eigenvalue weighted by atomic mass is 9.99. The molecule has 0 amide bonds. The number of halogens is 1. The molecule has 6 heteroatoms. The Labute approximate surface area is 197 Å². The summed E-state index contributed by atoms with van der Waals surface area (Å²) in [5, 5.41) is 0.848. The van der Waals surface area contributed by atoms with Crippen LogP contribution in [0.25, 0.3) is 44.8 Å². The monoisotopic (exact) mass is 450 g/mol.